The quantitative estimate of drug-likeness (QED) is 0.470. The third-order valence-corrected chi connectivity index (χ3v) is 10.7. The molecule has 2 aliphatic rings. The molecule has 1 unspecified atom stereocenters. The average molecular weight is 452 g/mol. The van der Waals surface area contributed by atoms with Crippen LogP contribution in [0.1, 0.15) is 23.5 Å². The molecule has 2 aliphatic heterocycles. The number of likely N-dealkylation sites (tertiary alicyclic amines) is 1. The van der Waals surface area contributed by atoms with Crippen LogP contribution in [-0.2, 0) is 9.36 Å². The highest BCUT2D eigenvalue weighted by molar-refractivity contribution is 7.68. The van der Waals surface area contributed by atoms with Crippen molar-refractivity contribution in [2.24, 2.45) is 0 Å². The standard InChI is InChI=1S/C24H26N3O2PS/c28-22-13-15-25(16-14-22)24(23-12-7-19-31-23)30(29)26(20-8-3-1-4-9-20)17-18-27(30)21-10-5-2-6-11-21/h1-12,19,24H,13-18H2. The number of rotatable bonds is 5. The summed E-state index contributed by atoms with van der Waals surface area (Å²) in [5.41, 5.74) is 1.97. The van der Waals surface area contributed by atoms with Crippen molar-refractivity contribution < 1.29 is 9.36 Å². The Labute approximate surface area is 187 Å². The summed E-state index contributed by atoms with van der Waals surface area (Å²) in [4.78, 5) is 15.4. The summed E-state index contributed by atoms with van der Waals surface area (Å²) in [6.45, 7) is 2.70. The van der Waals surface area contributed by atoms with Gasteiger partial charge in [0, 0.05) is 55.3 Å². The molecule has 2 aromatic carbocycles. The zero-order valence-corrected chi connectivity index (χ0v) is 19.1. The third-order valence-electron chi connectivity index (χ3n) is 6.14. The van der Waals surface area contributed by atoms with E-state index in [4.69, 9.17) is 0 Å². The Bertz CT molecular complexity index is 1010. The van der Waals surface area contributed by atoms with Gasteiger partial charge in [0.1, 0.15) is 11.6 Å². The Hall–Kier alpha value is -2.40. The van der Waals surface area contributed by atoms with Gasteiger partial charge in [-0.1, -0.05) is 42.5 Å². The number of piperidine rings is 1. The lowest BCUT2D eigenvalue weighted by atomic mass is 10.1. The number of thiophene rings is 1. The van der Waals surface area contributed by atoms with E-state index in [2.05, 4.69) is 25.7 Å². The highest BCUT2D eigenvalue weighted by Crippen LogP contribution is 2.70. The number of carbonyl (C=O) groups is 1. The van der Waals surface area contributed by atoms with Gasteiger partial charge in [-0.3, -0.25) is 14.3 Å². The summed E-state index contributed by atoms with van der Waals surface area (Å²) >= 11 is 1.65. The highest BCUT2D eigenvalue weighted by atomic mass is 32.1. The van der Waals surface area contributed by atoms with E-state index in [0.717, 1.165) is 16.3 Å². The lowest BCUT2D eigenvalue weighted by Gasteiger charge is -2.43. The topological polar surface area (TPSA) is 43.9 Å². The molecule has 5 nitrogen and oxygen atoms in total. The van der Waals surface area contributed by atoms with Gasteiger partial charge in [0.15, 0.2) is 0 Å². The van der Waals surface area contributed by atoms with Crippen molar-refractivity contribution in [2.75, 3.05) is 35.5 Å². The van der Waals surface area contributed by atoms with Crippen LogP contribution in [0.25, 0.3) is 0 Å². The van der Waals surface area contributed by atoms with E-state index >= 15 is 4.57 Å². The second kappa shape index (κ2) is 8.62. The van der Waals surface area contributed by atoms with Crippen LogP contribution in [0.15, 0.2) is 78.2 Å². The van der Waals surface area contributed by atoms with E-state index in [1.807, 2.05) is 66.7 Å². The van der Waals surface area contributed by atoms with Crippen LogP contribution >= 0.6 is 18.8 Å². The number of ketones is 1. The van der Waals surface area contributed by atoms with Gasteiger partial charge < -0.3 is 9.34 Å². The summed E-state index contributed by atoms with van der Waals surface area (Å²) in [6.07, 6.45) is 1.05. The second-order valence-corrected chi connectivity index (χ2v) is 11.6. The minimum absolute atomic E-state index is 0.275. The zero-order chi connectivity index (χ0) is 21.3. The van der Waals surface area contributed by atoms with Crippen molar-refractivity contribution in [1.29, 1.82) is 0 Å². The Kier molecular flexibility index (Phi) is 5.70. The highest BCUT2D eigenvalue weighted by Gasteiger charge is 2.52. The predicted molar refractivity (Wildman–Crippen MR) is 128 cm³/mol. The van der Waals surface area contributed by atoms with E-state index in [0.29, 0.717) is 44.8 Å². The monoisotopic (exact) mass is 451 g/mol. The van der Waals surface area contributed by atoms with Crippen molar-refractivity contribution in [3.05, 3.63) is 83.1 Å². The van der Waals surface area contributed by atoms with Crippen molar-refractivity contribution in [3.8, 4) is 0 Å². The van der Waals surface area contributed by atoms with Crippen LogP contribution in [0.2, 0.25) is 0 Å². The lowest BCUT2D eigenvalue weighted by Crippen LogP contribution is -2.40. The Morgan fingerprint density at radius 3 is 1.77 bits per heavy atom. The van der Waals surface area contributed by atoms with Crippen LogP contribution in [0, 0.1) is 0 Å². The van der Waals surface area contributed by atoms with Crippen molar-refractivity contribution in [3.63, 3.8) is 0 Å². The van der Waals surface area contributed by atoms with Crippen LogP contribution in [-0.4, -0.2) is 36.9 Å². The molecule has 0 saturated carbocycles. The second-order valence-electron chi connectivity index (χ2n) is 7.97. The molecule has 5 rings (SSSR count). The predicted octanol–water partition coefficient (Wildman–Crippen LogP) is 5.63. The molecular weight excluding hydrogens is 425 g/mol. The van der Waals surface area contributed by atoms with E-state index in [1.165, 1.54) is 0 Å². The molecular formula is C24H26N3O2PS. The third kappa shape index (κ3) is 3.73. The molecule has 3 heterocycles. The van der Waals surface area contributed by atoms with Gasteiger partial charge in [-0.25, -0.2) is 0 Å². The summed E-state index contributed by atoms with van der Waals surface area (Å²) < 4.78 is 19.6. The molecule has 160 valence electrons. The zero-order valence-electron chi connectivity index (χ0n) is 17.3. The van der Waals surface area contributed by atoms with Crippen LogP contribution in [0.4, 0.5) is 11.4 Å². The number of para-hydroxylation sites is 2. The molecule has 7 heteroatoms. The molecule has 0 N–H and O–H groups in total. The van der Waals surface area contributed by atoms with E-state index in [9.17, 15) is 4.79 Å². The average Bonchev–Trinajstić information content (AvgIpc) is 3.45. The Balaban J connectivity index is 1.66. The molecule has 0 spiro atoms. The number of anilines is 2. The van der Waals surface area contributed by atoms with Crippen molar-refractivity contribution in [1.82, 2.24) is 4.90 Å². The fourth-order valence-electron chi connectivity index (χ4n) is 4.67. The molecule has 0 radical (unpaired) electrons. The number of hydrogen-bond acceptors (Lipinski definition) is 4. The summed E-state index contributed by atoms with van der Waals surface area (Å²) in [6, 6.07) is 24.3. The van der Waals surface area contributed by atoms with Gasteiger partial charge in [0.2, 0.25) is 0 Å². The lowest BCUT2D eigenvalue weighted by molar-refractivity contribution is -0.121. The molecule has 2 fully saturated rings. The molecule has 2 saturated heterocycles. The number of carbonyl (C=O) groups excluding carboxylic acids is 1. The smallest absolute Gasteiger partial charge is 0.285 e. The summed E-state index contributed by atoms with van der Waals surface area (Å²) in [5, 5.41) is 2.05. The fourth-order valence-corrected chi connectivity index (χ4v) is 9.55. The van der Waals surface area contributed by atoms with Gasteiger partial charge in [-0.05, 0) is 35.7 Å². The first-order valence-electron chi connectivity index (χ1n) is 10.7. The first-order chi connectivity index (χ1) is 15.2. The molecule has 3 aromatic rings. The molecule has 31 heavy (non-hydrogen) atoms. The van der Waals surface area contributed by atoms with Crippen molar-refractivity contribution in [2.45, 2.75) is 18.6 Å². The van der Waals surface area contributed by atoms with E-state index in [-0.39, 0.29) is 5.78 Å². The van der Waals surface area contributed by atoms with Gasteiger partial charge in [-0.2, -0.15) is 0 Å². The fraction of sp³-hybridized carbons (Fsp3) is 0.292. The van der Waals surface area contributed by atoms with Crippen LogP contribution < -0.4 is 9.34 Å². The maximum Gasteiger partial charge on any atom is 0.285 e. The summed E-state index contributed by atoms with van der Waals surface area (Å²) in [5.74, 6) is 0.0224. The molecule has 0 aliphatic carbocycles. The molecule has 0 amide bonds. The maximum absolute atomic E-state index is 15.4. The number of Topliss-reactive ketones (excluding diaryl/α,β-unsaturated/α-hetero) is 1. The first-order valence-corrected chi connectivity index (χ1v) is 13.3. The van der Waals surface area contributed by atoms with Crippen molar-refractivity contribution >= 4 is 35.9 Å². The normalized spacial score (nSPS) is 20.2. The summed E-state index contributed by atoms with van der Waals surface area (Å²) in [7, 11) is -3.13. The molecule has 1 aromatic heterocycles. The van der Waals surface area contributed by atoms with E-state index in [1.54, 1.807) is 11.3 Å². The number of nitrogens with zero attached hydrogens (tertiary/aromatic N) is 3. The Morgan fingerprint density at radius 2 is 1.29 bits per heavy atom. The van der Waals surface area contributed by atoms with E-state index < -0.39 is 7.44 Å². The molecule has 1 atom stereocenters. The first kappa shape index (κ1) is 20.5. The SMILES string of the molecule is O=C1CCN(C(c2cccs2)P2(=O)N(c3ccccc3)CCN2c2ccccc2)CC1. The van der Waals surface area contributed by atoms with Crippen LogP contribution in [0.5, 0.6) is 0 Å². The Morgan fingerprint density at radius 1 is 0.742 bits per heavy atom. The number of hydrogen-bond donors (Lipinski definition) is 0. The van der Waals surface area contributed by atoms with Crippen LogP contribution in [0.3, 0.4) is 0 Å². The minimum atomic E-state index is -3.13. The van der Waals surface area contributed by atoms with Gasteiger partial charge >= 0.3 is 0 Å². The van der Waals surface area contributed by atoms with Gasteiger partial charge in [-0.15, -0.1) is 11.3 Å². The minimum Gasteiger partial charge on any atom is -0.304 e. The van der Waals surface area contributed by atoms with Gasteiger partial charge in [0.05, 0.1) is 0 Å². The molecule has 0 bridgehead atoms. The maximum atomic E-state index is 15.4. The van der Waals surface area contributed by atoms with Gasteiger partial charge in [0.25, 0.3) is 7.44 Å². The number of benzene rings is 2. The largest absolute Gasteiger partial charge is 0.304 e.